The third-order valence-electron chi connectivity index (χ3n) is 6.58. The Labute approximate surface area is 187 Å². The number of hydrogen-bond donors (Lipinski definition) is 1. The van der Waals surface area contributed by atoms with Crippen LogP contribution in [0.25, 0.3) is 0 Å². The first-order valence-electron chi connectivity index (χ1n) is 10.5. The number of piperidine rings is 1. The molecule has 2 aliphatic rings. The summed E-state index contributed by atoms with van der Waals surface area (Å²) in [6.45, 7) is 4.65. The van der Waals surface area contributed by atoms with Crippen LogP contribution in [0.4, 0.5) is 0 Å². The fourth-order valence-corrected chi connectivity index (χ4v) is 5.72. The fraction of sp³-hybridized carbons (Fsp3) is 0.458. The Bertz CT molecular complexity index is 916. The quantitative estimate of drug-likeness (QED) is 0.598. The number of fused-ring (bicyclic) bond motifs is 1. The summed E-state index contributed by atoms with van der Waals surface area (Å²) in [7, 11) is 0. The molecular weight excluding hydrogens is 421 g/mol. The van der Waals surface area contributed by atoms with Gasteiger partial charge in [0.05, 0.1) is 5.92 Å². The summed E-state index contributed by atoms with van der Waals surface area (Å²) in [6.07, 6.45) is 3.49. The number of hydrogen-bond acceptors (Lipinski definition) is 3. The number of likely N-dealkylation sites (tertiary alicyclic amines) is 1. The third-order valence-corrected chi connectivity index (χ3v) is 7.29. The summed E-state index contributed by atoms with van der Waals surface area (Å²) in [5.74, 6) is -0.0869. The monoisotopic (exact) mass is 447 g/mol. The normalized spacial score (nSPS) is 26.4. The average molecular weight is 448 g/mol. The second-order valence-electron chi connectivity index (χ2n) is 8.56. The number of aryl methyl sites for hydroxylation is 1. The van der Waals surface area contributed by atoms with Crippen molar-refractivity contribution in [1.82, 2.24) is 4.90 Å². The van der Waals surface area contributed by atoms with Gasteiger partial charge in [0.25, 0.3) is 0 Å². The molecule has 6 heteroatoms. The molecule has 0 amide bonds. The Balaban J connectivity index is 1.48. The lowest BCUT2D eigenvalue weighted by molar-refractivity contribution is -0.145. The van der Waals surface area contributed by atoms with E-state index in [1.165, 1.54) is 11.1 Å². The van der Waals surface area contributed by atoms with E-state index in [1.807, 2.05) is 24.3 Å². The van der Waals surface area contributed by atoms with E-state index < -0.39 is 5.97 Å². The molecular formula is C24H27Cl2NO3. The van der Waals surface area contributed by atoms with Crippen molar-refractivity contribution in [2.24, 2.45) is 5.92 Å². The van der Waals surface area contributed by atoms with Crippen molar-refractivity contribution in [2.45, 2.75) is 64.3 Å². The van der Waals surface area contributed by atoms with E-state index in [1.54, 1.807) is 0 Å². The van der Waals surface area contributed by atoms with Crippen LogP contribution in [-0.4, -0.2) is 28.1 Å². The molecule has 1 fully saturated rings. The highest BCUT2D eigenvalue weighted by Gasteiger charge is 2.40. The molecule has 160 valence electrons. The molecule has 0 aromatic heterocycles. The summed E-state index contributed by atoms with van der Waals surface area (Å²) >= 11 is 12.5. The van der Waals surface area contributed by atoms with Crippen LogP contribution in [0, 0.1) is 5.92 Å². The molecule has 1 saturated heterocycles. The SMILES string of the molecule is CC1CC(C(=O)O)CC(C)N1C1CCc2cc(OCc3c(Cl)cccc3Cl)ccc21. The molecule has 4 nitrogen and oxygen atoms in total. The fourth-order valence-electron chi connectivity index (χ4n) is 5.21. The molecule has 4 rings (SSSR count). The predicted molar refractivity (Wildman–Crippen MR) is 119 cm³/mol. The minimum Gasteiger partial charge on any atom is -0.489 e. The van der Waals surface area contributed by atoms with Gasteiger partial charge in [-0.05, 0) is 74.9 Å². The van der Waals surface area contributed by atoms with E-state index in [0.717, 1.165) is 24.2 Å². The number of rotatable bonds is 5. The van der Waals surface area contributed by atoms with Crippen molar-refractivity contribution >= 4 is 29.2 Å². The highest BCUT2D eigenvalue weighted by Crippen LogP contribution is 2.43. The molecule has 0 bridgehead atoms. The van der Waals surface area contributed by atoms with Gasteiger partial charge in [0.2, 0.25) is 0 Å². The van der Waals surface area contributed by atoms with Gasteiger partial charge >= 0.3 is 5.97 Å². The van der Waals surface area contributed by atoms with Crippen LogP contribution in [0.1, 0.15) is 55.8 Å². The maximum Gasteiger partial charge on any atom is 0.306 e. The van der Waals surface area contributed by atoms with Crippen LogP contribution in [0.15, 0.2) is 36.4 Å². The Kier molecular flexibility index (Phi) is 6.29. The topological polar surface area (TPSA) is 49.8 Å². The molecule has 3 atom stereocenters. The molecule has 1 aliphatic carbocycles. The maximum absolute atomic E-state index is 11.5. The zero-order valence-electron chi connectivity index (χ0n) is 17.3. The molecule has 1 N–H and O–H groups in total. The van der Waals surface area contributed by atoms with Crippen molar-refractivity contribution in [2.75, 3.05) is 0 Å². The molecule has 1 aliphatic heterocycles. The lowest BCUT2D eigenvalue weighted by Gasteiger charge is -2.45. The van der Waals surface area contributed by atoms with Crippen LogP contribution in [0.5, 0.6) is 5.75 Å². The highest BCUT2D eigenvalue weighted by molar-refractivity contribution is 6.35. The van der Waals surface area contributed by atoms with Crippen LogP contribution in [-0.2, 0) is 17.8 Å². The van der Waals surface area contributed by atoms with Gasteiger partial charge in [-0.25, -0.2) is 0 Å². The summed E-state index contributed by atoms with van der Waals surface area (Å²) in [5, 5.41) is 10.6. The maximum atomic E-state index is 11.5. The average Bonchev–Trinajstić information content (AvgIpc) is 3.10. The first-order valence-corrected chi connectivity index (χ1v) is 11.3. The van der Waals surface area contributed by atoms with Gasteiger partial charge in [-0.15, -0.1) is 0 Å². The number of aliphatic carboxylic acids is 1. The number of ether oxygens (including phenoxy) is 1. The first kappa shape index (κ1) is 21.5. The Morgan fingerprint density at radius 3 is 2.43 bits per heavy atom. The van der Waals surface area contributed by atoms with Gasteiger partial charge < -0.3 is 9.84 Å². The molecule has 2 aromatic rings. The van der Waals surface area contributed by atoms with Gasteiger partial charge in [0.1, 0.15) is 12.4 Å². The summed E-state index contributed by atoms with van der Waals surface area (Å²) < 4.78 is 5.99. The summed E-state index contributed by atoms with van der Waals surface area (Å²) in [5.41, 5.74) is 3.44. The van der Waals surface area contributed by atoms with Crippen LogP contribution >= 0.6 is 23.2 Å². The van der Waals surface area contributed by atoms with Crippen LogP contribution < -0.4 is 4.74 Å². The molecule has 30 heavy (non-hydrogen) atoms. The molecule has 1 heterocycles. The van der Waals surface area contributed by atoms with E-state index in [9.17, 15) is 9.90 Å². The predicted octanol–water partition coefficient (Wildman–Crippen LogP) is 6.13. The largest absolute Gasteiger partial charge is 0.489 e. The van der Waals surface area contributed by atoms with Crippen molar-refractivity contribution in [1.29, 1.82) is 0 Å². The van der Waals surface area contributed by atoms with Gasteiger partial charge in [0.15, 0.2) is 0 Å². The summed E-state index contributed by atoms with van der Waals surface area (Å²) in [4.78, 5) is 14.0. The van der Waals surface area contributed by atoms with E-state index in [2.05, 4.69) is 30.9 Å². The smallest absolute Gasteiger partial charge is 0.306 e. The van der Waals surface area contributed by atoms with Crippen LogP contribution in [0.3, 0.4) is 0 Å². The number of carboxylic acids is 1. The van der Waals surface area contributed by atoms with Crippen molar-refractivity contribution < 1.29 is 14.6 Å². The lowest BCUT2D eigenvalue weighted by atomic mass is 9.85. The van der Waals surface area contributed by atoms with Crippen molar-refractivity contribution in [3.05, 3.63) is 63.1 Å². The first-order chi connectivity index (χ1) is 14.3. The zero-order valence-corrected chi connectivity index (χ0v) is 18.8. The molecule has 2 aromatic carbocycles. The van der Waals surface area contributed by atoms with E-state index in [-0.39, 0.29) is 18.0 Å². The molecule has 0 spiro atoms. The van der Waals surface area contributed by atoms with E-state index >= 15 is 0 Å². The number of halogens is 2. The second-order valence-corrected chi connectivity index (χ2v) is 9.37. The molecule has 0 radical (unpaired) electrons. The number of carboxylic acid groups (broad SMARTS) is 1. The number of carbonyl (C=O) groups is 1. The minimum atomic E-state index is -0.666. The summed E-state index contributed by atoms with van der Waals surface area (Å²) in [6, 6.07) is 12.6. The second kappa shape index (κ2) is 8.78. The highest BCUT2D eigenvalue weighted by atomic mass is 35.5. The van der Waals surface area contributed by atoms with Gasteiger partial charge in [-0.1, -0.05) is 35.3 Å². The van der Waals surface area contributed by atoms with Crippen molar-refractivity contribution in [3.8, 4) is 5.75 Å². The van der Waals surface area contributed by atoms with E-state index in [0.29, 0.717) is 35.5 Å². The minimum absolute atomic E-state index is 0.237. The van der Waals surface area contributed by atoms with Gasteiger partial charge in [-0.3, -0.25) is 9.69 Å². The Hall–Kier alpha value is -1.75. The number of nitrogens with zero attached hydrogens (tertiary/aromatic N) is 1. The molecule has 3 unspecified atom stereocenters. The lowest BCUT2D eigenvalue weighted by Crippen LogP contribution is -2.49. The Morgan fingerprint density at radius 2 is 1.80 bits per heavy atom. The number of benzene rings is 2. The Morgan fingerprint density at radius 1 is 1.13 bits per heavy atom. The standard InChI is InChI=1S/C24H27Cl2NO3/c1-14-10-17(24(28)29)11-15(2)27(14)23-9-6-16-12-18(7-8-19(16)23)30-13-20-21(25)4-3-5-22(20)26/h3-5,7-8,12,14-15,17,23H,6,9-11,13H2,1-2H3,(H,28,29). The van der Waals surface area contributed by atoms with Crippen molar-refractivity contribution in [3.63, 3.8) is 0 Å². The third kappa shape index (κ3) is 4.18. The van der Waals surface area contributed by atoms with Gasteiger partial charge in [-0.2, -0.15) is 0 Å². The van der Waals surface area contributed by atoms with Crippen LogP contribution in [0.2, 0.25) is 10.0 Å². The van der Waals surface area contributed by atoms with Gasteiger partial charge in [0, 0.05) is 33.7 Å². The zero-order chi connectivity index (χ0) is 21.4. The van der Waals surface area contributed by atoms with E-state index in [4.69, 9.17) is 27.9 Å². The molecule has 0 saturated carbocycles.